The van der Waals surface area contributed by atoms with Crippen LogP contribution in [0.4, 0.5) is 18.9 Å². The van der Waals surface area contributed by atoms with Gasteiger partial charge in [-0.1, -0.05) is 53.6 Å². The van der Waals surface area contributed by atoms with E-state index in [2.05, 4.69) is 5.32 Å². The lowest BCUT2D eigenvalue weighted by atomic mass is 9.76. The maximum Gasteiger partial charge on any atom is 0.418 e. The van der Waals surface area contributed by atoms with E-state index in [9.17, 15) is 13.2 Å². The third-order valence-electron chi connectivity index (χ3n) is 5.00. The molecular formula is C19H14Cl2F3N. The largest absolute Gasteiger partial charge is 0.418 e. The topological polar surface area (TPSA) is 12.0 Å². The normalized spacial score (nSPS) is 24.6. The van der Waals surface area contributed by atoms with Crippen LogP contribution in [0.2, 0.25) is 10.0 Å². The van der Waals surface area contributed by atoms with E-state index in [4.69, 9.17) is 23.2 Å². The van der Waals surface area contributed by atoms with Crippen LogP contribution in [0.15, 0.2) is 48.6 Å². The van der Waals surface area contributed by atoms with Gasteiger partial charge in [0.05, 0.1) is 17.3 Å². The summed E-state index contributed by atoms with van der Waals surface area (Å²) < 4.78 is 40.4. The molecule has 4 rings (SSSR count). The third-order valence-corrected chi connectivity index (χ3v) is 5.56. The lowest BCUT2D eigenvalue weighted by Gasteiger charge is -2.39. The number of fused-ring (bicyclic) bond motifs is 3. The predicted molar refractivity (Wildman–Crippen MR) is 94.3 cm³/mol. The zero-order chi connectivity index (χ0) is 17.8. The predicted octanol–water partition coefficient (Wildman–Crippen LogP) is 6.84. The molecule has 6 heteroatoms. The lowest BCUT2D eigenvalue weighted by molar-refractivity contribution is -0.137. The molecule has 0 saturated heterocycles. The number of alkyl halides is 3. The Labute approximate surface area is 153 Å². The van der Waals surface area contributed by atoms with Gasteiger partial charge in [0, 0.05) is 16.0 Å². The summed E-state index contributed by atoms with van der Waals surface area (Å²) in [5.74, 6) is 0.0601. The molecule has 0 saturated carbocycles. The number of hydrogen-bond acceptors (Lipinski definition) is 1. The molecule has 0 spiro atoms. The number of rotatable bonds is 1. The van der Waals surface area contributed by atoms with Crippen LogP contribution < -0.4 is 5.32 Å². The van der Waals surface area contributed by atoms with Gasteiger partial charge < -0.3 is 5.32 Å². The Morgan fingerprint density at radius 1 is 1.04 bits per heavy atom. The van der Waals surface area contributed by atoms with Crippen LogP contribution in [-0.2, 0) is 6.18 Å². The van der Waals surface area contributed by atoms with Crippen molar-refractivity contribution in [2.24, 2.45) is 5.92 Å². The van der Waals surface area contributed by atoms with E-state index in [1.807, 2.05) is 12.2 Å². The Bertz CT molecular complexity index is 860. The van der Waals surface area contributed by atoms with E-state index in [0.717, 1.165) is 18.1 Å². The van der Waals surface area contributed by atoms with Gasteiger partial charge in [0.25, 0.3) is 0 Å². The van der Waals surface area contributed by atoms with Gasteiger partial charge in [0.2, 0.25) is 0 Å². The van der Waals surface area contributed by atoms with Crippen molar-refractivity contribution in [2.75, 3.05) is 5.32 Å². The van der Waals surface area contributed by atoms with Gasteiger partial charge in [-0.25, -0.2) is 0 Å². The van der Waals surface area contributed by atoms with E-state index in [1.165, 1.54) is 6.07 Å². The molecule has 1 aliphatic carbocycles. The fourth-order valence-corrected chi connectivity index (χ4v) is 4.45. The molecule has 1 heterocycles. The minimum absolute atomic E-state index is 0.0599. The van der Waals surface area contributed by atoms with Crippen molar-refractivity contribution in [3.63, 3.8) is 0 Å². The fourth-order valence-electron chi connectivity index (χ4n) is 3.92. The second-order valence-electron chi connectivity index (χ2n) is 6.41. The van der Waals surface area contributed by atoms with Crippen molar-refractivity contribution in [3.05, 3.63) is 75.3 Å². The molecule has 25 heavy (non-hydrogen) atoms. The van der Waals surface area contributed by atoms with Crippen molar-refractivity contribution < 1.29 is 13.2 Å². The molecule has 0 bridgehead atoms. The van der Waals surface area contributed by atoms with Gasteiger partial charge in [0.15, 0.2) is 0 Å². The smallest absolute Gasteiger partial charge is 0.377 e. The summed E-state index contributed by atoms with van der Waals surface area (Å²) >= 11 is 12.3. The van der Waals surface area contributed by atoms with Crippen LogP contribution in [0.25, 0.3) is 0 Å². The van der Waals surface area contributed by atoms with E-state index >= 15 is 0 Å². The van der Waals surface area contributed by atoms with Gasteiger partial charge in [-0.3, -0.25) is 0 Å². The van der Waals surface area contributed by atoms with E-state index in [0.29, 0.717) is 15.6 Å². The van der Waals surface area contributed by atoms with Crippen LogP contribution in [0.1, 0.15) is 35.1 Å². The Hall–Kier alpha value is -1.65. The zero-order valence-electron chi connectivity index (χ0n) is 12.9. The highest BCUT2D eigenvalue weighted by molar-refractivity contribution is 6.35. The van der Waals surface area contributed by atoms with Crippen LogP contribution >= 0.6 is 23.2 Å². The number of allylic oxidation sites excluding steroid dienone is 2. The number of hydrogen-bond donors (Lipinski definition) is 1. The van der Waals surface area contributed by atoms with Gasteiger partial charge in [-0.15, -0.1) is 0 Å². The number of halogens is 5. The number of benzene rings is 2. The van der Waals surface area contributed by atoms with Gasteiger partial charge in [0.1, 0.15) is 0 Å². The first-order valence-electron chi connectivity index (χ1n) is 7.94. The molecular weight excluding hydrogens is 370 g/mol. The van der Waals surface area contributed by atoms with E-state index in [-0.39, 0.29) is 23.6 Å². The lowest BCUT2D eigenvalue weighted by Crippen LogP contribution is -2.31. The molecule has 2 aromatic rings. The first-order valence-corrected chi connectivity index (χ1v) is 8.70. The average Bonchev–Trinajstić information content (AvgIpc) is 3.03. The molecule has 0 fully saturated rings. The molecule has 3 atom stereocenters. The molecule has 2 unspecified atom stereocenters. The highest BCUT2D eigenvalue weighted by Gasteiger charge is 2.43. The quantitative estimate of drug-likeness (QED) is 0.531. The van der Waals surface area contributed by atoms with Crippen molar-refractivity contribution in [2.45, 2.75) is 24.6 Å². The molecule has 1 aliphatic heterocycles. The minimum atomic E-state index is -4.41. The molecule has 2 aromatic carbocycles. The Kier molecular flexibility index (Phi) is 4.00. The van der Waals surface area contributed by atoms with E-state index < -0.39 is 11.7 Å². The summed E-state index contributed by atoms with van der Waals surface area (Å²) in [6, 6.07) is 9.19. The SMILES string of the molecule is FC(F)(F)c1cccc2c1N[C@@H](c1ccc(Cl)cc1Cl)C1CC=CC21. The Morgan fingerprint density at radius 2 is 1.84 bits per heavy atom. The summed E-state index contributed by atoms with van der Waals surface area (Å²) in [5.41, 5.74) is 0.972. The van der Waals surface area contributed by atoms with Crippen LogP contribution in [-0.4, -0.2) is 0 Å². The standard InChI is InChI=1S/C19H14Cl2F3N/c20-10-7-8-14(16(21)9-10)17-12-4-1-3-11(12)13-5-2-6-15(18(13)25-17)19(22,23)24/h1-3,5-9,11-12,17,25H,4H2/t11?,12?,17-/m1/s1. The molecule has 1 N–H and O–H groups in total. The van der Waals surface area contributed by atoms with Crippen LogP contribution in [0.3, 0.4) is 0 Å². The van der Waals surface area contributed by atoms with E-state index in [1.54, 1.807) is 24.3 Å². The van der Waals surface area contributed by atoms with Gasteiger partial charge in [-0.2, -0.15) is 13.2 Å². The summed E-state index contributed by atoms with van der Waals surface area (Å²) in [6.07, 6.45) is 0.406. The first-order chi connectivity index (χ1) is 11.9. The minimum Gasteiger partial charge on any atom is -0.377 e. The molecule has 130 valence electrons. The van der Waals surface area contributed by atoms with Crippen molar-refractivity contribution in [1.82, 2.24) is 0 Å². The molecule has 0 aromatic heterocycles. The van der Waals surface area contributed by atoms with Crippen molar-refractivity contribution >= 4 is 28.9 Å². The van der Waals surface area contributed by atoms with Crippen molar-refractivity contribution in [3.8, 4) is 0 Å². The molecule has 1 nitrogen and oxygen atoms in total. The summed E-state index contributed by atoms with van der Waals surface area (Å²) in [7, 11) is 0. The van der Waals surface area contributed by atoms with Crippen LogP contribution in [0.5, 0.6) is 0 Å². The first kappa shape index (κ1) is 16.8. The monoisotopic (exact) mass is 383 g/mol. The van der Waals surface area contributed by atoms with Gasteiger partial charge in [-0.05, 0) is 41.7 Å². The highest BCUT2D eigenvalue weighted by atomic mass is 35.5. The highest BCUT2D eigenvalue weighted by Crippen LogP contribution is 2.53. The summed E-state index contributed by atoms with van der Waals surface area (Å²) in [5, 5.41) is 4.10. The van der Waals surface area contributed by atoms with Crippen molar-refractivity contribution in [1.29, 1.82) is 0 Å². The molecule has 2 aliphatic rings. The second-order valence-corrected chi connectivity index (χ2v) is 7.25. The number of anilines is 1. The number of nitrogens with one attached hydrogen (secondary N) is 1. The maximum absolute atomic E-state index is 13.5. The number of para-hydroxylation sites is 1. The second kappa shape index (κ2) is 5.96. The fraction of sp³-hybridized carbons (Fsp3) is 0.263. The molecule has 0 radical (unpaired) electrons. The zero-order valence-corrected chi connectivity index (χ0v) is 14.5. The Morgan fingerprint density at radius 3 is 2.56 bits per heavy atom. The summed E-state index contributed by atoms with van der Waals surface area (Å²) in [6.45, 7) is 0. The van der Waals surface area contributed by atoms with Crippen LogP contribution in [0, 0.1) is 5.92 Å². The maximum atomic E-state index is 13.5. The summed E-state index contributed by atoms with van der Waals surface area (Å²) in [4.78, 5) is 0. The Balaban J connectivity index is 1.86. The average molecular weight is 384 g/mol. The van der Waals surface area contributed by atoms with Gasteiger partial charge >= 0.3 is 6.18 Å². The third kappa shape index (κ3) is 2.81. The molecule has 0 amide bonds.